The summed E-state index contributed by atoms with van der Waals surface area (Å²) in [5.74, 6) is 0.216. The number of benzene rings is 1. The van der Waals surface area contributed by atoms with Gasteiger partial charge in [-0.2, -0.15) is 0 Å². The van der Waals surface area contributed by atoms with Crippen molar-refractivity contribution < 1.29 is 18.5 Å². The first-order valence-electron chi connectivity index (χ1n) is 9.03. The van der Waals surface area contributed by atoms with Gasteiger partial charge in [0.25, 0.3) is 0 Å². The Morgan fingerprint density at radius 1 is 1.15 bits per heavy atom. The zero-order valence-corrected chi connectivity index (χ0v) is 15.1. The highest BCUT2D eigenvalue weighted by Crippen LogP contribution is 2.48. The van der Waals surface area contributed by atoms with Crippen molar-refractivity contribution in [3.05, 3.63) is 41.9 Å². The summed E-state index contributed by atoms with van der Waals surface area (Å²) in [6.45, 7) is 4.11. The third-order valence-electron chi connectivity index (χ3n) is 5.22. The molecular formula is C19H21FN4O3. The van der Waals surface area contributed by atoms with Crippen LogP contribution in [0.5, 0.6) is 0 Å². The Hall–Kier alpha value is -2.90. The molecule has 1 aromatic carbocycles. The number of piperazine rings is 1. The third-order valence-corrected chi connectivity index (χ3v) is 5.22. The number of halogens is 1. The Balaban J connectivity index is 1.37. The fraction of sp³-hybridized carbons (Fsp3) is 0.421. The van der Waals surface area contributed by atoms with Crippen LogP contribution in [0.15, 0.2) is 34.9 Å². The minimum absolute atomic E-state index is 0.126. The minimum Gasteiger partial charge on any atom is -0.368 e. The Bertz CT molecular complexity index is 852. The van der Waals surface area contributed by atoms with Gasteiger partial charge in [-0.3, -0.25) is 9.59 Å². The topological polar surface area (TPSA) is 78.7 Å². The number of carbonyl (C=O) groups is 2. The lowest BCUT2D eigenvalue weighted by Gasteiger charge is -2.37. The van der Waals surface area contributed by atoms with Gasteiger partial charge < -0.3 is 19.6 Å². The highest BCUT2D eigenvalue weighted by Gasteiger charge is 2.58. The van der Waals surface area contributed by atoms with Gasteiger partial charge in [0.15, 0.2) is 5.82 Å². The maximum Gasteiger partial charge on any atom is 0.241 e. The number of nitrogens with zero attached hydrogens (tertiary/aromatic N) is 3. The van der Waals surface area contributed by atoms with E-state index in [2.05, 4.69) is 15.4 Å². The molecule has 1 saturated heterocycles. The second kappa shape index (κ2) is 6.68. The van der Waals surface area contributed by atoms with Crippen molar-refractivity contribution in [3.63, 3.8) is 0 Å². The molecule has 1 N–H and O–H groups in total. The molecule has 1 aliphatic carbocycles. The number of nitrogens with one attached hydrogen (secondary N) is 1. The molecule has 7 nitrogen and oxygen atoms in total. The van der Waals surface area contributed by atoms with E-state index in [1.807, 2.05) is 0 Å². The summed E-state index contributed by atoms with van der Waals surface area (Å²) in [4.78, 5) is 29.4. The number of amides is 2. The first-order valence-corrected chi connectivity index (χ1v) is 9.03. The van der Waals surface area contributed by atoms with Gasteiger partial charge in [-0.25, -0.2) is 4.39 Å². The molecule has 0 radical (unpaired) electrons. The predicted octanol–water partition coefficient (Wildman–Crippen LogP) is 2.19. The summed E-state index contributed by atoms with van der Waals surface area (Å²) in [6.07, 6.45) is 1.10. The van der Waals surface area contributed by atoms with Crippen LogP contribution in [0, 0.1) is 18.2 Å². The van der Waals surface area contributed by atoms with Crippen LogP contribution < -0.4 is 10.2 Å². The van der Waals surface area contributed by atoms with Crippen molar-refractivity contribution in [2.24, 2.45) is 5.41 Å². The molecule has 1 saturated carbocycles. The van der Waals surface area contributed by atoms with E-state index >= 15 is 0 Å². The van der Waals surface area contributed by atoms with Gasteiger partial charge in [0.2, 0.25) is 11.8 Å². The predicted molar refractivity (Wildman–Crippen MR) is 96.7 cm³/mol. The number of hydrogen-bond acceptors (Lipinski definition) is 5. The average Bonchev–Trinajstić information content (AvgIpc) is 3.39. The number of rotatable bonds is 4. The lowest BCUT2D eigenvalue weighted by molar-refractivity contribution is -0.142. The van der Waals surface area contributed by atoms with E-state index < -0.39 is 5.41 Å². The molecule has 0 atom stereocenters. The zero-order valence-electron chi connectivity index (χ0n) is 15.1. The number of hydrogen-bond donors (Lipinski definition) is 1. The molecule has 8 heteroatoms. The van der Waals surface area contributed by atoms with Crippen LogP contribution in [0.25, 0.3) is 0 Å². The number of anilines is 2. The van der Waals surface area contributed by atoms with Crippen molar-refractivity contribution >= 4 is 23.3 Å². The van der Waals surface area contributed by atoms with E-state index in [-0.39, 0.29) is 17.6 Å². The second-order valence-electron chi connectivity index (χ2n) is 7.11. The summed E-state index contributed by atoms with van der Waals surface area (Å²) in [7, 11) is 0. The molecule has 4 rings (SSSR count). The Morgan fingerprint density at radius 2 is 1.81 bits per heavy atom. The summed E-state index contributed by atoms with van der Waals surface area (Å²) in [5, 5.41) is 6.44. The number of aryl methyl sites for hydroxylation is 1. The molecule has 2 heterocycles. The summed E-state index contributed by atoms with van der Waals surface area (Å²) >= 11 is 0. The van der Waals surface area contributed by atoms with E-state index in [0.717, 1.165) is 5.69 Å². The molecule has 2 fully saturated rings. The van der Waals surface area contributed by atoms with E-state index in [1.54, 1.807) is 30.0 Å². The highest BCUT2D eigenvalue weighted by atomic mass is 19.1. The van der Waals surface area contributed by atoms with Gasteiger partial charge in [0.05, 0.1) is 0 Å². The van der Waals surface area contributed by atoms with Gasteiger partial charge in [0.1, 0.15) is 17.0 Å². The molecule has 2 amide bonds. The summed E-state index contributed by atoms with van der Waals surface area (Å²) < 4.78 is 18.0. The zero-order chi connectivity index (χ0) is 19.0. The maximum atomic E-state index is 13.1. The van der Waals surface area contributed by atoms with E-state index in [1.165, 1.54) is 12.1 Å². The van der Waals surface area contributed by atoms with Gasteiger partial charge >= 0.3 is 0 Å². The fourth-order valence-electron chi connectivity index (χ4n) is 3.45. The monoisotopic (exact) mass is 372 g/mol. The van der Waals surface area contributed by atoms with E-state index in [0.29, 0.717) is 50.6 Å². The average molecular weight is 372 g/mol. The third kappa shape index (κ3) is 3.39. The van der Waals surface area contributed by atoms with E-state index in [4.69, 9.17) is 4.52 Å². The normalized spacial score (nSPS) is 18.3. The van der Waals surface area contributed by atoms with Crippen LogP contribution in [0.4, 0.5) is 15.9 Å². The van der Waals surface area contributed by atoms with Gasteiger partial charge in [0, 0.05) is 37.9 Å². The Kier molecular flexibility index (Phi) is 4.33. The smallest absolute Gasteiger partial charge is 0.241 e. The largest absolute Gasteiger partial charge is 0.368 e. The van der Waals surface area contributed by atoms with Crippen molar-refractivity contribution in [2.75, 3.05) is 36.4 Å². The second-order valence-corrected chi connectivity index (χ2v) is 7.11. The molecule has 1 aliphatic heterocycles. The molecule has 1 aromatic heterocycles. The number of aromatic nitrogens is 1. The van der Waals surface area contributed by atoms with Gasteiger partial charge in [-0.15, -0.1) is 0 Å². The van der Waals surface area contributed by atoms with E-state index in [9.17, 15) is 14.0 Å². The van der Waals surface area contributed by atoms with Crippen LogP contribution in [-0.4, -0.2) is 48.0 Å². The van der Waals surface area contributed by atoms with Crippen LogP contribution in [-0.2, 0) is 9.59 Å². The highest BCUT2D eigenvalue weighted by molar-refractivity contribution is 6.12. The molecule has 27 heavy (non-hydrogen) atoms. The quantitative estimate of drug-likeness (QED) is 0.833. The van der Waals surface area contributed by atoms with Crippen LogP contribution in [0.2, 0.25) is 0 Å². The van der Waals surface area contributed by atoms with Crippen molar-refractivity contribution in [1.29, 1.82) is 0 Å². The van der Waals surface area contributed by atoms with Crippen LogP contribution >= 0.6 is 0 Å². The first-order chi connectivity index (χ1) is 13.0. The molecular weight excluding hydrogens is 351 g/mol. The fourth-order valence-corrected chi connectivity index (χ4v) is 3.45. The molecule has 2 aromatic rings. The van der Waals surface area contributed by atoms with Crippen molar-refractivity contribution in [2.45, 2.75) is 19.8 Å². The molecule has 2 aliphatic rings. The molecule has 0 bridgehead atoms. The van der Waals surface area contributed by atoms with Gasteiger partial charge in [-0.1, -0.05) is 5.16 Å². The Labute approximate surface area is 156 Å². The maximum absolute atomic E-state index is 13.1. The number of carbonyl (C=O) groups excluding carboxylic acids is 2. The van der Waals surface area contributed by atoms with Crippen molar-refractivity contribution in [1.82, 2.24) is 10.1 Å². The summed E-state index contributed by atoms with van der Waals surface area (Å²) in [6, 6.07) is 7.97. The minimum atomic E-state index is -0.981. The Morgan fingerprint density at radius 3 is 2.37 bits per heavy atom. The van der Waals surface area contributed by atoms with Crippen LogP contribution in [0.3, 0.4) is 0 Å². The first kappa shape index (κ1) is 17.5. The van der Waals surface area contributed by atoms with Gasteiger partial charge in [-0.05, 0) is 44.0 Å². The van der Waals surface area contributed by atoms with Crippen LogP contribution in [0.1, 0.15) is 18.6 Å². The lowest BCUT2D eigenvalue weighted by Crippen LogP contribution is -2.52. The SMILES string of the molecule is Cc1cc(NC(=O)C2(C(=O)N3CCN(c4ccc(F)cc4)CC3)CC2)no1. The lowest BCUT2D eigenvalue weighted by atomic mass is 10.0. The van der Waals surface area contributed by atoms with Crippen molar-refractivity contribution in [3.8, 4) is 0 Å². The molecule has 0 unspecified atom stereocenters. The standard InChI is InChI=1S/C19H21FN4O3/c1-13-12-16(22-27-13)21-17(25)19(6-7-19)18(26)24-10-8-23(9-11-24)15-4-2-14(20)3-5-15/h2-5,12H,6-11H2,1H3,(H,21,22,25). The molecule has 142 valence electrons. The molecule has 0 spiro atoms. The summed E-state index contributed by atoms with van der Waals surface area (Å²) in [5.41, 5.74) is -0.0472.